The van der Waals surface area contributed by atoms with E-state index in [0.29, 0.717) is 23.4 Å². The minimum absolute atomic E-state index is 0.0633. The van der Waals surface area contributed by atoms with Crippen molar-refractivity contribution in [3.8, 4) is 0 Å². The molecule has 0 aromatic heterocycles. The van der Waals surface area contributed by atoms with Crippen molar-refractivity contribution in [2.45, 2.75) is 13.8 Å². The van der Waals surface area contributed by atoms with E-state index in [1.54, 1.807) is 25.1 Å². The Morgan fingerprint density at radius 2 is 1.74 bits per heavy atom. The molecule has 3 aromatic carbocycles. The van der Waals surface area contributed by atoms with Gasteiger partial charge in [-0.2, -0.15) is 0 Å². The molecular weight excluding hydrogens is 482 g/mol. The number of halogens is 3. The summed E-state index contributed by atoms with van der Waals surface area (Å²) in [6, 6.07) is 12.4. The number of hydrogen-bond donors (Lipinski definition) is 4. The summed E-state index contributed by atoms with van der Waals surface area (Å²) >= 11 is 11.4. The van der Waals surface area contributed by atoms with E-state index < -0.39 is 17.5 Å². The lowest BCUT2D eigenvalue weighted by Crippen LogP contribution is -2.46. The summed E-state index contributed by atoms with van der Waals surface area (Å²) in [5.74, 6) is -2.30. The lowest BCUT2D eigenvalue weighted by atomic mass is 9.96. The molecule has 0 radical (unpaired) electrons. The standard InChI is InChI=1S/C24H21ClF2N4O2S/c1-3-28-24(34)31-30-23(33)14-5-4-13(2)18(10-14)22(32)17-8-7-16(12-19(17)25)29-21-9-6-15(26)11-20(21)27/h4-12,29H,3H2,1-2H3,(H,30,33)(H2,28,31,34). The van der Waals surface area contributed by atoms with Gasteiger partial charge in [-0.25, -0.2) is 8.78 Å². The Morgan fingerprint density at radius 3 is 2.41 bits per heavy atom. The van der Waals surface area contributed by atoms with E-state index in [-0.39, 0.29) is 32.7 Å². The molecule has 0 unspecified atom stereocenters. The van der Waals surface area contributed by atoms with Crippen LogP contribution in [-0.4, -0.2) is 23.3 Å². The summed E-state index contributed by atoms with van der Waals surface area (Å²) in [7, 11) is 0. The number of ketones is 1. The van der Waals surface area contributed by atoms with Crippen molar-refractivity contribution in [3.63, 3.8) is 0 Å². The average Bonchev–Trinajstić information content (AvgIpc) is 2.79. The van der Waals surface area contributed by atoms with E-state index in [4.69, 9.17) is 23.8 Å². The van der Waals surface area contributed by atoms with Gasteiger partial charge in [0.2, 0.25) is 0 Å². The monoisotopic (exact) mass is 502 g/mol. The number of benzene rings is 3. The van der Waals surface area contributed by atoms with E-state index in [0.717, 1.165) is 12.1 Å². The summed E-state index contributed by atoms with van der Waals surface area (Å²) < 4.78 is 27.0. The van der Waals surface area contributed by atoms with E-state index in [2.05, 4.69) is 21.5 Å². The molecule has 0 saturated carbocycles. The molecule has 176 valence electrons. The molecule has 3 rings (SSSR count). The highest BCUT2D eigenvalue weighted by Gasteiger charge is 2.18. The number of amides is 1. The lowest BCUT2D eigenvalue weighted by Gasteiger charge is -2.13. The van der Waals surface area contributed by atoms with Crippen molar-refractivity contribution in [2.24, 2.45) is 0 Å². The van der Waals surface area contributed by atoms with Crippen molar-refractivity contribution in [1.82, 2.24) is 16.2 Å². The second-order valence-electron chi connectivity index (χ2n) is 7.24. The van der Waals surface area contributed by atoms with Crippen LogP contribution in [0.25, 0.3) is 0 Å². The maximum Gasteiger partial charge on any atom is 0.269 e. The van der Waals surface area contributed by atoms with Gasteiger partial charge in [-0.15, -0.1) is 0 Å². The molecule has 0 bridgehead atoms. The predicted molar refractivity (Wildman–Crippen MR) is 133 cm³/mol. The van der Waals surface area contributed by atoms with E-state index >= 15 is 0 Å². The summed E-state index contributed by atoms with van der Waals surface area (Å²) in [6.45, 7) is 4.20. The first-order valence-corrected chi connectivity index (χ1v) is 11.0. The smallest absolute Gasteiger partial charge is 0.269 e. The highest BCUT2D eigenvalue weighted by molar-refractivity contribution is 7.80. The molecule has 0 aliphatic carbocycles. The third kappa shape index (κ3) is 6.06. The first kappa shape index (κ1) is 25.1. The van der Waals surface area contributed by atoms with Crippen molar-refractivity contribution in [3.05, 3.63) is 93.5 Å². The van der Waals surface area contributed by atoms with Gasteiger partial charge in [0.25, 0.3) is 5.91 Å². The van der Waals surface area contributed by atoms with Gasteiger partial charge in [0.05, 0.1) is 10.7 Å². The van der Waals surface area contributed by atoms with Crippen LogP contribution < -0.4 is 21.5 Å². The molecular formula is C24H21ClF2N4O2S. The number of aryl methyl sites for hydroxylation is 1. The lowest BCUT2D eigenvalue weighted by molar-refractivity contribution is 0.0943. The molecule has 3 aromatic rings. The fourth-order valence-corrected chi connectivity index (χ4v) is 3.53. The number of carbonyl (C=O) groups excluding carboxylic acids is 2. The predicted octanol–water partition coefficient (Wildman–Crippen LogP) is 5.03. The number of rotatable bonds is 6. The van der Waals surface area contributed by atoms with Crippen LogP contribution in [0.2, 0.25) is 5.02 Å². The molecule has 4 N–H and O–H groups in total. The number of hydrogen-bond acceptors (Lipinski definition) is 4. The third-order valence-electron chi connectivity index (χ3n) is 4.80. The number of thiocarbonyl (C=S) groups is 1. The molecule has 34 heavy (non-hydrogen) atoms. The topological polar surface area (TPSA) is 82.3 Å². The Morgan fingerprint density at radius 1 is 0.971 bits per heavy atom. The second-order valence-corrected chi connectivity index (χ2v) is 8.06. The van der Waals surface area contributed by atoms with Crippen LogP contribution >= 0.6 is 23.8 Å². The van der Waals surface area contributed by atoms with E-state index in [9.17, 15) is 18.4 Å². The van der Waals surface area contributed by atoms with E-state index in [1.807, 2.05) is 6.92 Å². The van der Waals surface area contributed by atoms with Crippen LogP contribution in [0.3, 0.4) is 0 Å². The molecule has 0 aliphatic heterocycles. The minimum atomic E-state index is -0.761. The van der Waals surface area contributed by atoms with Gasteiger partial charge in [-0.3, -0.25) is 20.4 Å². The van der Waals surface area contributed by atoms with Gasteiger partial charge in [0.15, 0.2) is 10.9 Å². The van der Waals surface area contributed by atoms with Crippen LogP contribution in [0.1, 0.15) is 38.8 Å². The Balaban J connectivity index is 1.80. The SMILES string of the molecule is CCNC(=S)NNC(=O)c1ccc(C)c(C(=O)c2ccc(Nc3ccc(F)cc3F)cc2Cl)c1. The van der Waals surface area contributed by atoms with Crippen molar-refractivity contribution in [2.75, 3.05) is 11.9 Å². The number of nitrogens with one attached hydrogen (secondary N) is 4. The van der Waals surface area contributed by atoms with E-state index in [1.165, 1.54) is 24.3 Å². The van der Waals surface area contributed by atoms with Crippen LogP contribution in [0.4, 0.5) is 20.2 Å². The van der Waals surface area contributed by atoms with Crippen LogP contribution in [-0.2, 0) is 0 Å². The summed E-state index contributed by atoms with van der Waals surface area (Å²) in [5, 5.41) is 6.03. The third-order valence-corrected chi connectivity index (χ3v) is 5.35. The molecule has 0 atom stereocenters. The van der Waals surface area contributed by atoms with Gasteiger partial charge < -0.3 is 10.6 Å². The Labute approximate surface area is 205 Å². The van der Waals surface area contributed by atoms with Crippen molar-refractivity contribution < 1.29 is 18.4 Å². The number of hydrazine groups is 1. The number of anilines is 2. The van der Waals surface area contributed by atoms with Gasteiger partial charge in [-0.05, 0) is 74.1 Å². The quantitative estimate of drug-likeness (QED) is 0.215. The van der Waals surface area contributed by atoms with Gasteiger partial charge in [0, 0.05) is 35.0 Å². The maximum atomic E-state index is 13.9. The summed E-state index contributed by atoms with van der Waals surface area (Å²) in [6.07, 6.45) is 0. The zero-order valence-corrected chi connectivity index (χ0v) is 19.8. The zero-order valence-electron chi connectivity index (χ0n) is 18.3. The zero-order chi connectivity index (χ0) is 24.8. The van der Waals surface area contributed by atoms with Crippen LogP contribution in [0.15, 0.2) is 54.6 Å². The highest BCUT2D eigenvalue weighted by atomic mass is 35.5. The van der Waals surface area contributed by atoms with Crippen LogP contribution in [0, 0.1) is 18.6 Å². The highest BCUT2D eigenvalue weighted by Crippen LogP contribution is 2.28. The summed E-state index contributed by atoms with van der Waals surface area (Å²) in [4.78, 5) is 25.6. The number of carbonyl (C=O) groups is 2. The van der Waals surface area contributed by atoms with Crippen LogP contribution in [0.5, 0.6) is 0 Å². The fraction of sp³-hybridized carbons (Fsp3) is 0.125. The Bertz CT molecular complexity index is 1270. The Kier molecular flexibility index (Phi) is 8.14. The van der Waals surface area contributed by atoms with Gasteiger partial charge >= 0.3 is 0 Å². The Hall–Kier alpha value is -3.56. The van der Waals surface area contributed by atoms with Gasteiger partial charge in [-0.1, -0.05) is 17.7 Å². The molecule has 0 spiro atoms. The first-order chi connectivity index (χ1) is 16.2. The minimum Gasteiger partial charge on any atom is -0.362 e. The molecule has 0 fully saturated rings. The fourth-order valence-electron chi connectivity index (χ4n) is 3.07. The molecule has 6 nitrogen and oxygen atoms in total. The van der Waals surface area contributed by atoms with Crippen molar-refractivity contribution in [1.29, 1.82) is 0 Å². The molecule has 0 aliphatic rings. The van der Waals surface area contributed by atoms with Gasteiger partial charge in [0.1, 0.15) is 11.6 Å². The molecule has 10 heteroatoms. The molecule has 0 saturated heterocycles. The summed E-state index contributed by atoms with van der Waals surface area (Å²) in [5.41, 5.74) is 6.94. The normalized spacial score (nSPS) is 10.4. The average molecular weight is 503 g/mol. The molecule has 1 amide bonds. The second kappa shape index (κ2) is 11.0. The first-order valence-electron chi connectivity index (χ1n) is 10.2. The molecule has 0 heterocycles. The maximum absolute atomic E-state index is 13.9. The van der Waals surface area contributed by atoms with Crippen molar-refractivity contribution >= 4 is 52.0 Å². The largest absolute Gasteiger partial charge is 0.362 e.